The summed E-state index contributed by atoms with van der Waals surface area (Å²) in [5.74, 6) is 0.517. The fraction of sp³-hybridized carbons (Fsp3) is 0.412. The number of guanidine groups is 1. The zero-order valence-electron chi connectivity index (χ0n) is 14.4. The summed E-state index contributed by atoms with van der Waals surface area (Å²) < 4.78 is 13.6. The quantitative estimate of drug-likeness (QED) is 0.400. The van der Waals surface area contributed by atoms with Crippen molar-refractivity contribution in [2.24, 2.45) is 4.99 Å². The second kappa shape index (κ2) is 9.93. The van der Waals surface area contributed by atoms with Crippen molar-refractivity contribution in [2.75, 3.05) is 6.54 Å². The summed E-state index contributed by atoms with van der Waals surface area (Å²) in [5.41, 5.74) is 2.58. The standard InChI is InChI=1S/C17H23FN4S.HI/c1-5-19-17(21-10-16-22-12(3)13(4)23-16)20-9-14-7-6-11(2)15(18)8-14;/h6-8H,5,9-10H2,1-4H3,(H2,19,20,21);1H. The molecule has 0 aliphatic heterocycles. The molecule has 1 aromatic carbocycles. The molecule has 0 amide bonds. The van der Waals surface area contributed by atoms with E-state index in [2.05, 4.69) is 27.5 Å². The molecular formula is C17H24FIN4S. The molecule has 0 unspecified atom stereocenters. The number of aromatic nitrogens is 1. The maximum Gasteiger partial charge on any atom is 0.191 e. The number of halogens is 2. The van der Waals surface area contributed by atoms with Gasteiger partial charge in [-0.25, -0.2) is 14.4 Å². The third-order valence-electron chi connectivity index (χ3n) is 3.48. The molecule has 0 bridgehead atoms. The molecule has 0 spiro atoms. The molecule has 2 N–H and O–H groups in total. The van der Waals surface area contributed by atoms with Gasteiger partial charge in [0.25, 0.3) is 0 Å². The number of nitrogens with zero attached hydrogens (tertiary/aromatic N) is 2. The van der Waals surface area contributed by atoms with Gasteiger partial charge in [0.1, 0.15) is 10.8 Å². The van der Waals surface area contributed by atoms with Gasteiger partial charge < -0.3 is 10.6 Å². The SMILES string of the molecule is CCNC(=NCc1ccc(C)c(F)c1)NCc1nc(C)c(C)s1.I. The van der Waals surface area contributed by atoms with E-state index in [1.54, 1.807) is 24.3 Å². The third kappa shape index (κ3) is 6.01. The van der Waals surface area contributed by atoms with Crippen LogP contribution in [0.15, 0.2) is 23.2 Å². The summed E-state index contributed by atoms with van der Waals surface area (Å²) >= 11 is 1.69. The van der Waals surface area contributed by atoms with Gasteiger partial charge in [0.15, 0.2) is 5.96 Å². The second-order valence-electron chi connectivity index (χ2n) is 5.38. The van der Waals surface area contributed by atoms with Crippen molar-refractivity contribution in [3.05, 3.63) is 50.7 Å². The zero-order chi connectivity index (χ0) is 16.8. The summed E-state index contributed by atoms with van der Waals surface area (Å²) in [6.45, 7) is 9.69. The molecule has 0 atom stereocenters. The minimum absolute atomic E-state index is 0. The molecule has 7 heteroatoms. The highest BCUT2D eigenvalue weighted by atomic mass is 127. The first-order valence-corrected chi connectivity index (χ1v) is 8.51. The van der Waals surface area contributed by atoms with E-state index in [1.165, 1.54) is 10.9 Å². The molecule has 2 rings (SSSR count). The van der Waals surface area contributed by atoms with Gasteiger partial charge in [0.2, 0.25) is 0 Å². The molecule has 0 aliphatic carbocycles. The Morgan fingerprint density at radius 3 is 2.58 bits per heavy atom. The van der Waals surface area contributed by atoms with Crippen molar-refractivity contribution < 1.29 is 4.39 Å². The van der Waals surface area contributed by atoms with E-state index in [1.807, 2.05) is 19.9 Å². The molecular weight excluding hydrogens is 438 g/mol. The summed E-state index contributed by atoms with van der Waals surface area (Å²) in [4.78, 5) is 10.2. The van der Waals surface area contributed by atoms with Crippen LogP contribution in [0.1, 0.15) is 33.6 Å². The van der Waals surface area contributed by atoms with Crippen LogP contribution in [0.5, 0.6) is 0 Å². The van der Waals surface area contributed by atoms with Crippen molar-refractivity contribution in [1.82, 2.24) is 15.6 Å². The first-order chi connectivity index (χ1) is 11.0. The van der Waals surface area contributed by atoms with Crippen molar-refractivity contribution in [3.8, 4) is 0 Å². The lowest BCUT2D eigenvalue weighted by atomic mass is 10.1. The average Bonchev–Trinajstić information content (AvgIpc) is 2.84. The topological polar surface area (TPSA) is 49.3 Å². The lowest BCUT2D eigenvalue weighted by Crippen LogP contribution is -2.36. The molecule has 24 heavy (non-hydrogen) atoms. The monoisotopic (exact) mass is 462 g/mol. The smallest absolute Gasteiger partial charge is 0.191 e. The van der Waals surface area contributed by atoms with Gasteiger partial charge in [-0.15, -0.1) is 35.3 Å². The van der Waals surface area contributed by atoms with Gasteiger partial charge in [-0.2, -0.15) is 0 Å². The number of benzene rings is 1. The van der Waals surface area contributed by atoms with E-state index in [0.717, 1.165) is 22.8 Å². The fourth-order valence-corrected chi connectivity index (χ4v) is 2.89. The number of hydrogen-bond acceptors (Lipinski definition) is 3. The molecule has 0 fully saturated rings. The first kappa shape index (κ1) is 20.8. The Morgan fingerprint density at radius 1 is 1.25 bits per heavy atom. The first-order valence-electron chi connectivity index (χ1n) is 7.69. The van der Waals surface area contributed by atoms with Crippen LogP contribution in [0.2, 0.25) is 0 Å². The van der Waals surface area contributed by atoms with E-state index in [4.69, 9.17) is 0 Å². The highest BCUT2D eigenvalue weighted by Gasteiger charge is 2.05. The maximum absolute atomic E-state index is 13.6. The fourth-order valence-electron chi connectivity index (χ4n) is 2.02. The molecule has 1 heterocycles. The Morgan fingerprint density at radius 2 is 2.00 bits per heavy atom. The molecule has 0 saturated heterocycles. The van der Waals surface area contributed by atoms with E-state index in [9.17, 15) is 4.39 Å². The molecule has 0 aliphatic rings. The average molecular weight is 462 g/mol. The van der Waals surface area contributed by atoms with Crippen LogP contribution in [-0.4, -0.2) is 17.5 Å². The highest BCUT2D eigenvalue weighted by molar-refractivity contribution is 14.0. The minimum atomic E-state index is -0.190. The second-order valence-corrected chi connectivity index (χ2v) is 6.67. The van der Waals surface area contributed by atoms with Gasteiger partial charge in [-0.05, 0) is 44.9 Å². The number of hydrogen-bond donors (Lipinski definition) is 2. The Kier molecular flexibility index (Phi) is 8.61. The normalized spacial score (nSPS) is 11.1. The van der Waals surface area contributed by atoms with E-state index in [-0.39, 0.29) is 29.8 Å². The van der Waals surface area contributed by atoms with Gasteiger partial charge in [-0.3, -0.25) is 0 Å². The highest BCUT2D eigenvalue weighted by Crippen LogP contribution is 2.16. The van der Waals surface area contributed by atoms with Crippen molar-refractivity contribution in [3.63, 3.8) is 0 Å². The number of rotatable bonds is 5. The molecule has 0 saturated carbocycles. The predicted molar refractivity (Wildman–Crippen MR) is 110 cm³/mol. The Bertz CT molecular complexity index is 680. The van der Waals surface area contributed by atoms with E-state index >= 15 is 0 Å². The molecule has 1 aromatic heterocycles. The van der Waals surface area contributed by atoms with Crippen LogP contribution >= 0.6 is 35.3 Å². The molecule has 132 valence electrons. The zero-order valence-corrected chi connectivity index (χ0v) is 17.6. The van der Waals surface area contributed by atoms with Crippen molar-refractivity contribution >= 4 is 41.3 Å². The van der Waals surface area contributed by atoms with E-state index in [0.29, 0.717) is 24.6 Å². The summed E-state index contributed by atoms with van der Waals surface area (Å²) in [5, 5.41) is 7.49. The number of aryl methyl sites for hydroxylation is 3. The number of thiazole rings is 1. The van der Waals surface area contributed by atoms with Crippen LogP contribution in [0.3, 0.4) is 0 Å². The molecule has 4 nitrogen and oxygen atoms in total. The lowest BCUT2D eigenvalue weighted by Gasteiger charge is -2.10. The number of nitrogens with one attached hydrogen (secondary N) is 2. The maximum atomic E-state index is 13.6. The van der Waals surface area contributed by atoms with Gasteiger partial charge >= 0.3 is 0 Å². The third-order valence-corrected chi connectivity index (χ3v) is 4.55. The number of aliphatic imine (C=N–C) groups is 1. The van der Waals surface area contributed by atoms with Crippen LogP contribution < -0.4 is 10.6 Å². The lowest BCUT2D eigenvalue weighted by molar-refractivity contribution is 0.616. The van der Waals surface area contributed by atoms with Crippen LogP contribution in [0.4, 0.5) is 4.39 Å². The molecule has 2 aromatic rings. The Balaban J connectivity index is 0.00000288. The minimum Gasteiger partial charge on any atom is -0.357 e. The molecule has 0 radical (unpaired) electrons. The van der Waals surface area contributed by atoms with Crippen LogP contribution in [-0.2, 0) is 13.1 Å². The van der Waals surface area contributed by atoms with Gasteiger partial charge in [0.05, 0.1) is 18.8 Å². The van der Waals surface area contributed by atoms with Gasteiger partial charge in [0, 0.05) is 11.4 Å². The Labute approximate surface area is 164 Å². The largest absolute Gasteiger partial charge is 0.357 e. The predicted octanol–water partition coefficient (Wildman–Crippen LogP) is 4.08. The van der Waals surface area contributed by atoms with E-state index < -0.39 is 0 Å². The Hall–Kier alpha value is -1.22. The summed E-state index contributed by atoms with van der Waals surface area (Å²) in [6, 6.07) is 5.22. The van der Waals surface area contributed by atoms with Crippen molar-refractivity contribution in [2.45, 2.75) is 40.8 Å². The summed E-state index contributed by atoms with van der Waals surface area (Å²) in [7, 11) is 0. The summed E-state index contributed by atoms with van der Waals surface area (Å²) in [6.07, 6.45) is 0. The van der Waals surface area contributed by atoms with Gasteiger partial charge in [-0.1, -0.05) is 12.1 Å². The van der Waals surface area contributed by atoms with Crippen LogP contribution in [0, 0.1) is 26.6 Å². The van der Waals surface area contributed by atoms with Crippen molar-refractivity contribution in [1.29, 1.82) is 0 Å². The van der Waals surface area contributed by atoms with Crippen LogP contribution in [0.25, 0.3) is 0 Å².